The number of fused-ring (bicyclic) bond motifs is 1. The zero-order valence-corrected chi connectivity index (χ0v) is 17.5. The van der Waals surface area contributed by atoms with Crippen LogP contribution in [-0.2, 0) is 10.4 Å². The van der Waals surface area contributed by atoms with Gasteiger partial charge >= 0.3 is 0 Å². The normalized spacial score (nSPS) is 19.9. The minimum atomic E-state index is -1.90. The monoisotopic (exact) mass is 449 g/mol. The lowest BCUT2D eigenvalue weighted by molar-refractivity contribution is -0.139. The molecule has 3 rings (SSSR count). The number of nitrogens with zero attached hydrogens (tertiary/aromatic N) is 1. The molecule has 0 spiro atoms. The Kier molecular flexibility index (Phi) is 5.75. The van der Waals surface area contributed by atoms with E-state index in [9.17, 15) is 14.7 Å². The Hall–Kier alpha value is -1.69. The molecule has 0 fully saturated rings. The van der Waals surface area contributed by atoms with E-state index in [0.29, 0.717) is 28.4 Å². The Labute approximate surface area is 172 Å². The Morgan fingerprint density at radius 2 is 1.93 bits per heavy atom. The van der Waals surface area contributed by atoms with Crippen LogP contribution < -0.4 is 4.90 Å². The number of amides is 1. The number of ketones is 1. The van der Waals surface area contributed by atoms with Crippen LogP contribution in [0.3, 0.4) is 0 Å². The molecule has 0 unspecified atom stereocenters. The van der Waals surface area contributed by atoms with Gasteiger partial charge in [-0.05, 0) is 48.9 Å². The largest absolute Gasteiger partial charge is 0.375 e. The van der Waals surface area contributed by atoms with Gasteiger partial charge in [-0.3, -0.25) is 9.59 Å². The molecule has 0 saturated carbocycles. The predicted octanol–water partition coefficient (Wildman–Crippen LogP) is 4.96. The van der Waals surface area contributed by atoms with E-state index in [0.717, 1.165) is 17.3 Å². The number of hydrogen-bond donors (Lipinski definition) is 1. The molecule has 0 aromatic heterocycles. The number of aliphatic hydroxyl groups is 1. The summed E-state index contributed by atoms with van der Waals surface area (Å²) >= 11 is 9.31. The molecule has 0 radical (unpaired) electrons. The van der Waals surface area contributed by atoms with Crippen molar-refractivity contribution in [3.05, 3.63) is 63.1 Å². The molecule has 1 amide bonds. The molecule has 1 N–H and O–H groups in total. The third-order valence-corrected chi connectivity index (χ3v) is 5.86. The third kappa shape index (κ3) is 3.44. The lowest BCUT2D eigenvalue weighted by Gasteiger charge is -2.28. The van der Waals surface area contributed by atoms with Crippen LogP contribution in [0.5, 0.6) is 0 Å². The highest BCUT2D eigenvalue weighted by Gasteiger charge is 2.55. The molecule has 2 atom stereocenters. The maximum absolute atomic E-state index is 13.2. The number of unbranched alkanes of at least 4 members (excludes halogenated alkanes) is 1. The minimum absolute atomic E-state index is 0.300. The molecule has 1 heterocycles. The third-order valence-electron chi connectivity index (χ3n) is 5.12. The van der Waals surface area contributed by atoms with Crippen LogP contribution in [-0.4, -0.2) is 23.3 Å². The fourth-order valence-electron chi connectivity index (χ4n) is 3.49. The fourth-order valence-corrected chi connectivity index (χ4v) is 3.98. The lowest BCUT2D eigenvalue weighted by atomic mass is 9.79. The summed E-state index contributed by atoms with van der Waals surface area (Å²) in [5.74, 6) is -1.68. The number of hydrogen-bond acceptors (Lipinski definition) is 3. The van der Waals surface area contributed by atoms with E-state index in [1.54, 1.807) is 42.2 Å². The van der Waals surface area contributed by atoms with E-state index in [-0.39, 0.29) is 5.78 Å². The molecular weight excluding hydrogens is 430 g/mol. The maximum Gasteiger partial charge on any atom is 0.264 e. The molecule has 4 nitrogen and oxygen atoms in total. The van der Waals surface area contributed by atoms with Crippen LogP contribution >= 0.6 is 27.5 Å². The quantitative estimate of drug-likeness (QED) is 0.633. The van der Waals surface area contributed by atoms with Crippen molar-refractivity contribution in [2.75, 3.05) is 11.4 Å². The number of halogens is 2. The second-order valence-electron chi connectivity index (χ2n) is 6.83. The second kappa shape index (κ2) is 7.74. The van der Waals surface area contributed by atoms with Crippen LogP contribution in [0.15, 0.2) is 46.9 Å². The van der Waals surface area contributed by atoms with Crippen molar-refractivity contribution < 1.29 is 14.7 Å². The molecule has 2 aromatic carbocycles. The van der Waals surface area contributed by atoms with Crippen LogP contribution in [0.1, 0.15) is 42.6 Å². The van der Waals surface area contributed by atoms with Crippen LogP contribution in [0.2, 0.25) is 5.02 Å². The standard InChI is InChI=1S/C21H21BrClNO3/c1-3-4-11-24-18-10-7-15(22)12-17(18)21(27,20(24)26)13(2)19(25)14-5-8-16(23)9-6-14/h5-10,12-13,27H,3-4,11H2,1-2H3/t13-,21-/m0/s1. The van der Waals surface area contributed by atoms with Crippen LogP contribution in [0.25, 0.3) is 0 Å². The zero-order chi connectivity index (χ0) is 19.8. The van der Waals surface area contributed by atoms with Gasteiger partial charge in [0.15, 0.2) is 11.4 Å². The van der Waals surface area contributed by atoms with Gasteiger partial charge in [0.05, 0.1) is 11.6 Å². The fraction of sp³-hybridized carbons (Fsp3) is 0.333. The number of carbonyl (C=O) groups is 2. The molecule has 0 aliphatic carbocycles. The Balaban J connectivity index is 2.04. The Morgan fingerprint density at radius 1 is 1.26 bits per heavy atom. The maximum atomic E-state index is 13.2. The average Bonchev–Trinajstić information content (AvgIpc) is 2.87. The van der Waals surface area contributed by atoms with Crippen molar-refractivity contribution in [1.29, 1.82) is 0 Å². The summed E-state index contributed by atoms with van der Waals surface area (Å²) in [4.78, 5) is 27.8. The number of rotatable bonds is 6. The summed E-state index contributed by atoms with van der Waals surface area (Å²) in [7, 11) is 0. The van der Waals surface area contributed by atoms with Crippen molar-refractivity contribution >= 4 is 44.9 Å². The van der Waals surface area contributed by atoms with Gasteiger partial charge in [0, 0.05) is 27.2 Å². The highest BCUT2D eigenvalue weighted by molar-refractivity contribution is 9.10. The minimum Gasteiger partial charge on any atom is -0.375 e. The summed E-state index contributed by atoms with van der Waals surface area (Å²) in [5, 5.41) is 12.0. The molecule has 142 valence electrons. The lowest BCUT2D eigenvalue weighted by Crippen LogP contribution is -2.47. The van der Waals surface area contributed by atoms with Gasteiger partial charge in [-0.1, -0.05) is 47.8 Å². The van der Waals surface area contributed by atoms with Gasteiger partial charge in [0.1, 0.15) is 0 Å². The van der Waals surface area contributed by atoms with Gasteiger partial charge < -0.3 is 10.0 Å². The molecule has 1 aliphatic rings. The van der Waals surface area contributed by atoms with E-state index in [4.69, 9.17) is 11.6 Å². The molecule has 6 heteroatoms. The number of carbonyl (C=O) groups excluding carboxylic acids is 2. The predicted molar refractivity (Wildman–Crippen MR) is 110 cm³/mol. The average molecular weight is 451 g/mol. The first-order chi connectivity index (χ1) is 12.8. The number of Topliss-reactive ketones (excluding diaryl/α,β-unsaturated/α-hetero) is 1. The van der Waals surface area contributed by atoms with Gasteiger partial charge in [-0.25, -0.2) is 0 Å². The summed E-state index contributed by atoms with van der Waals surface area (Å²) in [6.07, 6.45) is 1.74. The summed E-state index contributed by atoms with van der Waals surface area (Å²) < 4.78 is 0.746. The summed E-state index contributed by atoms with van der Waals surface area (Å²) in [6.45, 7) is 4.15. The van der Waals surface area contributed by atoms with Crippen molar-refractivity contribution in [1.82, 2.24) is 0 Å². The van der Waals surface area contributed by atoms with Gasteiger partial charge in [-0.15, -0.1) is 0 Å². The Bertz CT molecular complexity index is 883. The van der Waals surface area contributed by atoms with Crippen LogP contribution in [0, 0.1) is 5.92 Å². The van der Waals surface area contributed by atoms with E-state index >= 15 is 0 Å². The summed E-state index contributed by atoms with van der Waals surface area (Å²) in [6, 6.07) is 11.8. The SMILES string of the molecule is CCCCN1C(=O)[C@](O)([C@@H](C)C(=O)c2ccc(Cl)cc2)c2cc(Br)ccc21. The van der Waals surface area contributed by atoms with Crippen molar-refractivity contribution in [2.45, 2.75) is 32.3 Å². The van der Waals surface area contributed by atoms with Gasteiger partial charge in [-0.2, -0.15) is 0 Å². The van der Waals surface area contributed by atoms with Crippen molar-refractivity contribution in [3.63, 3.8) is 0 Å². The molecule has 0 bridgehead atoms. The highest BCUT2D eigenvalue weighted by atomic mass is 79.9. The smallest absolute Gasteiger partial charge is 0.264 e. The molecule has 2 aromatic rings. The van der Waals surface area contributed by atoms with E-state index in [1.165, 1.54) is 0 Å². The highest BCUT2D eigenvalue weighted by Crippen LogP contribution is 2.46. The zero-order valence-electron chi connectivity index (χ0n) is 15.2. The van der Waals surface area contributed by atoms with Crippen LogP contribution in [0.4, 0.5) is 5.69 Å². The van der Waals surface area contributed by atoms with Gasteiger partial charge in [0.25, 0.3) is 5.91 Å². The first-order valence-corrected chi connectivity index (χ1v) is 10.1. The Morgan fingerprint density at radius 3 is 2.56 bits per heavy atom. The topological polar surface area (TPSA) is 57.6 Å². The molecule has 0 saturated heterocycles. The van der Waals surface area contributed by atoms with Crippen molar-refractivity contribution in [3.8, 4) is 0 Å². The first kappa shape index (κ1) is 20.1. The second-order valence-corrected chi connectivity index (χ2v) is 8.18. The first-order valence-electron chi connectivity index (χ1n) is 8.94. The molecule has 1 aliphatic heterocycles. The number of anilines is 1. The number of benzene rings is 2. The van der Waals surface area contributed by atoms with Crippen molar-refractivity contribution in [2.24, 2.45) is 5.92 Å². The van der Waals surface area contributed by atoms with E-state index < -0.39 is 17.4 Å². The molecular formula is C21H21BrClNO3. The molecule has 27 heavy (non-hydrogen) atoms. The summed E-state index contributed by atoms with van der Waals surface area (Å²) in [5.41, 5.74) is -0.358. The van der Waals surface area contributed by atoms with Gasteiger partial charge in [0.2, 0.25) is 0 Å². The van der Waals surface area contributed by atoms with E-state index in [1.807, 2.05) is 19.1 Å². The van der Waals surface area contributed by atoms with E-state index in [2.05, 4.69) is 15.9 Å².